The molecule has 4 atom stereocenters. The SMILES string of the molecule is C[C@H](O)CNC[C@@H](CCc1c(F)cncc1NC(=O)[C@@H](N=[N+]=[N-])[C@@H](c1ccc(F)cc1)c1cc(F)cc(F)c1)NS(=O)(=O)c1ccccc1. The number of rotatable bonds is 16. The highest BCUT2D eigenvalue weighted by molar-refractivity contribution is 7.89. The van der Waals surface area contributed by atoms with E-state index in [1.807, 2.05) is 0 Å². The van der Waals surface area contributed by atoms with Gasteiger partial charge in [0.05, 0.1) is 29.1 Å². The van der Waals surface area contributed by atoms with Crippen molar-refractivity contribution in [2.24, 2.45) is 5.11 Å². The van der Waals surface area contributed by atoms with Crippen LogP contribution in [0, 0.1) is 23.3 Å². The van der Waals surface area contributed by atoms with Gasteiger partial charge in [0.2, 0.25) is 15.9 Å². The number of hydrogen-bond acceptors (Lipinski definition) is 7. The van der Waals surface area contributed by atoms with E-state index in [2.05, 4.69) is 30.4 Å². The van der Waals surface area contributed by atoms with E-state index in [0.29, 0.717) is 6.07 Å². The minimum absolute atomic E-state index is 0.0107. The number of pyridine rings is 1. The lowest BCUT2D eigenvalue weighted by atomic mass is 9.84. The first-order valence-electron chi connectivity index (χ1n) is 15.0. The summed E-state index contributed by atoms with van der Waals surface area (Å²) in [6.07, 6.45) is 1.22. The van der Waals surface area contributed by atoms with Crippen molar-refractivity contribution in [2.75, 3.05) is 18.4 Å². The number of sulfonamides is 1. The maximum Gasteiger partial charge on any atom is 0.240 e. The second-order valence-corrected chi connectivity index (χ2v) is 12.9. The minimum Gasteiger partial charge on any atom is -0.392 e. The molecule has 0 fully saturated rings. The molecule has 49 heavy (non-hydrogen) atoms. The van der Waals surface area contributed by atoms with Gasteiger partial charge in [0.25, 0.3) is 0 Å². The number of aromatic nitrogens is 1. The lowest BCUT2D eigenvalue weighted by Gasteiger charge is -2.25. The van der Waals surface area contributed by atoms with Crippen LogP contribution >= 0.6 is 0 Å². The Bertz CT molecular complexity index is 1870. The quantitative estimate of drug-likeness (QED) is 0.0533. The third-order valence-corrected chi connectivity index (χ3v) is 8.98. The number of benzene rings is 3. The summed E-state index contributed by atoms with van der Waals surface area (Å²) < 4.78 is 86.5. The molecule has 1 heterocycles. The van der Waals surface area contributed by atoms with Crippen molar-refractivity contribution in [1.29, 1.82) is 0 Å². The van der Waals surface area contributed by atoms with Crippen molar-refractivity contribution in [3.8, 4) is 0 Å². The Balaban J connectivity index is 1.63. The van der Waals surface area contributed by atoms with Crippen molar-refractivity contribution in [3.05, 3.63) is 136 Å². The van der Waals surface area contributed by atoms with E-state index in [1.165, 1.54) is 24.3 Å². The van der Waals surface area contributed by atoms with Crippen molar-refractivity contribution >= 4 is 21.6 Å². The van der Waals surface area contributed by atoms with Gasteiger partial charge in [-0.15, -0.1) is 0 Å². The standard InChI is InChI=1S/C33H33F4N7O4S/c1-20(45)16-39-17-26(43-49(47,48)27-5-3-2-4-6-27)11-12-28-29(37)18-40-19-30(28)41-33(46)32(42-44-38)31(21-7-9-23(34)10-8-21)22-13-24(35)15-25(36)14-22/h2-10,13-15,18-20,26,31-32,39,43,45H,11-12,16-17H2,1H3,(H,41,46)/t20-,26+,31-,32-/m0/s1. The maximum absolute atomic E-state index is 15.3. The first-order chi connectivity index (χ1) is 23.4. The van der Waals surface area contributed by atoms with Gasteiger partial charge in [-0.3, -0.25) is 9.78 Å². The molecule has 16 heteroatoms. The van der Waals surface area contributed by atoms with Gasteiger partial charge in [-0.1, -0.05) is 35.4 Å². The minimum atomic E-state index is -3.99. The summed E-state index contributed by atoms with van der Waals surface area (Å²) in [4.78, 5) is 20.3. The number of hydrogen-bond donors (Lipinski definition) is 4. The molecule has 0 saturated heterocycles. The lowest BCUT2D eigenvalue weighted by Crippen LogP contribution is -2.43. The molecule has 0 radical (unpaired) electrons. The number of amides is 1. The Morgan fingerprint density at radius 2 is 1.61 bits per heavy atom. The maximum atomic E-state index is 15.3. The summed E-state index contributed by atoms with van der Waals surface area (Å²) in [5.41, 5.74) is 9.30. The topological polar surface area (TPSA) is 169 Å². The Labute approximate surface area is 280 Å². The number of carbonyl (C=O) groups is 1. The molecule has 0 aliphatic carbocycles. The van der Waals surface area contributed by atoms with Gasteiger partial charge >= 0.3 is 0 Å². The van der Waals surface area contributed by atoms with E-state index in [1.54, 1.807) is 25.1 Å². The van der Waals surface area contributed by atoms with Crippen LogP contribution in [0.1, 0.15) is 36.0 Å². The summed E-state index contributed by atoms with van der Waals surface area (Å²) in [6, 6.07) is 12.3. The second-order valence-electron chi connectivity index (χ2n) is 11.2. The molecule has 0 aliphatic rings. The highest BCUT2D eigenvalue weighted by Gasteiger charge is 2.32. The second kappa shape index (κ2) is 17.0. The molecule has 4 aromatic rings. The molecular formula is C33H33F4N7O4S. The first kappa shape index (κ1) is 37.0. The number of azide groups is 1. The van der Waals surface area contributed by atoms with Crippen LogP contribution in [0.2, 0.25) is 0 Å². The van der Waals surface area contributed by atoms with Crippen molar-refractivity contribution in [2.45, 2.75) is 48.8 Å². The Kier molecular flexibility index (Phi) is 12.8. The van der Waals surface area contributed by atoms with Gasteiger partial charge in [0.15, 0.2) is 0 Å². The molecule has 0 saturated carbocycles. The molecule has 1 aromatic heterocycles. The molecule has 3 aromatic carbocycles. The van der Waals surface area contributed by atoms with Gasteiger partial charge < -0.3 is 15.7 Å². The number of anilines is 1. The smallest absolute Gasteiger partial charge is 0.240 e. The van der Waals surface area contributed by atoms with Crippen LogP contribution in [0.4, 0.5) is 23.2 Å². The number of aliphatic hydroxyl groups is 1. The average Bonchev–Trinajstić information content (AvgIpc) is 3.04. The number of nitrogens with zero attached hydrogens (tertiary/aromatic N) is 4. The van der Waals surface area contributed by atoms with Crippen molar-refractivity contribution in [1.82, 2.24) is 15.0 Å². The monoisotopic (exact) mass is 699 g/mol. The van der Waals surface area contributed by atoms with Crippen LogP contribution in [0.3, 0.4) is 0 Å². The summed E-state index contributed by atoms with van der Waals surface area (Å²) in [7, 11) is -3.99. The van der Waals surface area contributed by atoms with Gasteiger partial charge in [0, 0.05) is 41.6 Å². The van der Waals surface area contributed by atoms with E-state index < -0.39 is 63.3 Å². The van der Waals surface area contributed by atoms with Crippen molar-refractivity contribution in [3.63, 3.8) is 0 Å². The zero-order valence-electron chi connectivity index (χ0n) is 26.1. The fraction of sp³-hybridized carbons (Fsp3) is 0.273. The van der Waals surface area contributed by atoms with Gasteiger partial charge in [-0.05, 0) is 72.8 Å². The largest absolute Gasteiger partial charge is 0.392 e. The van der Waals surface area contributed by atoms with Gasteiger partial charge in [-0.2, -0.15) is 0 Å². The molecule has 1 amide bonds. The van der Waals surface area contributed by atoms with E-state index >= 15 is 4.39 Å². The van der Waals surface area contributed by atoms with E-state index in [0.717, 1.165) is 36.7 Å². The van der Waals surface area contributed by atoms with Crippen LogP contribution < -0.4 is 15.4 Å². The predicted octanol–water partition coefficient (Wildman–Crippen LogP) is 5.34. The third kappa shape index (κ3) is 10.3. The fourth-order valence-electron chi connectivity index (χ4n) is 5.21. The third-order valence-electron chi connectivity index (χ3n) is 7.44. The summed E-state index contributed by atoms with van der Waals surface area (Å²) in [6.45, 7) is 1.76. The van der Waals surface area contributed by atoms with Crippen LogP contribution in [-0.2, 0) is 21.2 Å². The first-order valence-corrected chi connectivity index (χ1v) is 16.5. The molecular weight excluding hydrogens is 666 g/mol. The summed E-state index contributed by atoms with van der Waals surface area (Å²) >= 11 is 0. The summed E-state index contributed by atoms with van der Waals surface area (Å²) in [5, 5.41) is 18.7. The normalized spacial score (nSPS) is 13.9. The Morgan fingerprint density at radius 3 is 2.24 bits per heavy atom. The zero-order chi connectivity index (χ0) is 35.6. The fourth-order valence-corrected chi connectivity index (χ4v) is 6.50. The Hall–Kier alpha value is -4.86. The van der Waals surface area contributed by atoms with E-state index in [4.69, 9.17) is 0 Å². The number of halogens is 4. The van der Waals surface area contributed by atoms with Crippen LogP contribution in [0.25, 0.3) is 10.4 Å². The van der Waals surface area contributed by atoms with Gasteiger partial charge in [0.1, 0.15) is 29.3 Å². The molecule has 11 nitrogen and oxygen atoms in total. The molecule has 0 spiro atoms. The average molecular weight is 700 g/mol. The van der Waals surface area contributed by atoms with E-state index in [-0.39, 0.29) is 53.2 Å². The van der Waals surface area contributed by atoms with Crippen LogP contribution in [-0.4, -0.2) is 55.7 Å². The predicted molar refractivity (Wildman–Crippen MR) is 174 cm³/mol. The number of nitrogens with one attached hydrogen (secondary N) is 3. The highest BCUT2D eigenvalue weighted by atomic mass is 32.2. The van der Waals surface area contributed by atoms with Crippen LogP contribution in [0.5, 0.6) is 0 Å². The zero-order valence-corrected chi connectivity index (χ0v) is 26.9. The Morgan fingerprint density at radius 1 is 0.939 bits per heavy atom. The molecule has 0 bridgehead atoms. The molecule has 4 N–H and O–H groups in total. The highest BCUT2D eigenvalue weighted by Crippen LogP contribution is 2.33. The molecule has 0 unspecified atom stereocenters. The molecule has 0 aliphatic heterocycles. The lowest BCUT2D eigenvalue weighted by molar-refractivity contribution is -0.117. The summed E-state index contributed by atoms with van der Waals surface area (Å²) in [5.74, 6) is -5.70. The van der Waals surface area contributed by atoms with Gasteiger partial charge in [-0.25, -0.2) is 30.7 Å². The van der Waals surface area contributed by atoms with Crippen molar-refractivity contribution < 1.29 is 35.9 Å². The number of carbonyl (C=O) groups excluding carboxylic acids is 1. The van der Waals surface area contributed by atoms with E-state index in [9.17, 15) is 37.0 Å². The molecule has 258 valence electrons. The molecule has 4 rings (SSSR count). The number of aliphatic hydroxyl groups excluding tert-OH is 1. The van der Waals surface area contributed by atoms with Crippen LogP contribution in [0.15, 0.2) is 95.2 Å².